The van der Waals surface area contributed by atoms with Crippen molar-refractivity contribution < 1.29 is 17.9 Å². The molecule has 0 unspecified atom stereocenters. The lowest BCUT2D eigenvalue weighted by atomic mass is 9.76. The fourth-order valence-corrected chi connectivity index (χ4v) is 6.42. The van der Waals surface area contributed by atoms with Gasteiger partial charge in [0.05, 0.1) is 11.7 Å². The molecular weight excluding hydrogens is 621 g/mol. The monoisotopic (exact) mass is 646 g/mol. The Morgan fingerprint density at radius 2 is 1.32 bits per heavy atom. The van der Waals surface area contributed by atoms with Gasteiger partial charge in [0.25, 0.3) is 0 Å². The van der Waals surface area contributed by atoms with E-state index in [4.69, 9.17) is 16.3 Å². The Morgan fingerprint density at radius 1 is 0.723 bits per heavy atom. The maximum Gasteiger partial charge on any atom is 0.433 e. The fourth-order valence-electron chi connectivity index (χ4n) is 6.17. The minimum atomic E-state index is -4.55. The van der Waals surface area contributed by atoms with Crippen LogP contribution in [0.4, 0.5) is 13.2 Å². The lowest BCUT2D eigenvalue weighted by Crippen LogP contribution is -2.37. The predicted molar refractivity (Wildman–Crippen MR) is 177 cm³/mol. The van der Waals surface area contributed by atoms with Crippen molar-refractivity contribution in [1.29, 1.82) is 0 Å². The number of pyridine rings is 3. The van der Waals surface area contributed by atoms with Gasteiger partial charge < -0.3 is 9.30 Å². The lowest BCUT2D eigenvalue weighted by Gasteiger charge is -2.38. The van der Waals surface area contributed by atoms with Crippen molar-refractivity contribution in [3.05, 3.63) is 173 Å². The minimum Gasteiger partial charge on any atom is -0.437 e. The summed E-state index contributed by atoms with van der Waals surface area (Å²) in [6, 6.07) is 38.6. The summed E-state index contributed by atoms with van der Waals surface area (Å²) in [5.74, 6) is 0.323. The summed E-state index contributed by atoms with van der Waals surface area (Å²) < 4.78 is 47.4. The van der Waals surface area contributed by atoms with Crippen molar-refractivity contribution in [2.75, 3.05) is 0 Å². The second kappa shape index (κ2) is 12.0. The van der Waals surface area contributed by atoms with Gasteiger partial charge in [-0.1, -0.05) is 103 Å². The summed E-state index contributed by atoms with van der Waals surface area (Å²) in [6.45, 7) is 1.82. The zero-order valence-electron chi connectivity index (χ0n) is 25.0. The minimum absolute atomic E-state index is 0.125. The smallest absolute Gasteiger partial charge is 0.433 e. The molecule has 0 bridgehead atoms. The van der Waals surface area contributed by atoms with Gasteiger partial charge in [-0.2, -0.15) is 13.2 Å². The molecule has 47 heavy (non-hydrogen) atoms. The Bertz CT molecular complexity index is 2070. The summed E-state index contributed by atoms with van der Waals surface area (Å²) in [7, 11) is 0. The van der Waals surface area contributed by atoms with Crippen LogP contribution in [0.15, 0.2) is 140 Å². The molecule has 3 aromatic carbocycles. The van der Waals surface area contributed by atoms with Crippen molar-refractivity contribution in [2.45, 2.75) is 18.6 Å². The Kier molecular flexibility index (Phi) is 7.74. The number of benzene rings is 3. The highest BCUT2D eigenvalue weighted by atomic mass is 35.5. The zero-order chi connectivity index (χ0) is 32.6. The lowest BCUT2D eigenvalue weighted by molar-refractivity contribution is -0.141. The highest BCUT2D eigenvalue weighted by Crippen LogP contribution is 2.46. The highest BCUT2D eigenvalue weighted by molar-refractivity contribution is 6.35. The standard InChI is InChI=1S/C38H26ClF3N4O/c1-25-21-26(22-34(45-25)47-30-17-18-33(44-23-30)38(40,41)42)31-24-46(32-19-20-43-36(39)35(31)32)37(27-11-5-2-6-12-27,28-13-7-3-8-14-28)29-15-9-4-10-16-29/h2-24H,1H3. The van der Waals surface area contributed by atoms with Gasteiger partial charge >= 0.3 is 6.18 Å². The number of hydrogen-bond acceptors (Lipinski definition) is 4. The predicted octanol–water partition coefficient (Wildman–Crippen LogP) is 10.1. The number of hydrogen-bond donors (Lipinski definition) is 0. The molecule has 0 saturated heterocycles. The average Bonchev–Trinajstić information content (AvgIpc) is 3.48. The van der Waals surface area contributed by atoms with Gasteiger partial charge in [-0.15, -0.1) is 0 Å². The first-order valence-electron chi connectivity index (χ1n) is 14.8. The van der Waals surface area contributed by atoms with Crippen molar-refractivity contribution in [2.24, 2.45) is 0 Å². The van der Waals surface area contributed by atoms with E-state index in [0.717, 1.165) is 51.0 Å². The van der Waals surface area contributed by atoms with Crippen LogP contribution in [0.1, 0.15) is 28.1 Å². The second-order valence-electron chi connectivity index (χ2n) is 11.0. The van der Waals surface area contributed by atoms with Crippen LogP contribution >= 0.6 is 11.6 Å². The summed E-state index contributed by atoms with van der Waals surface area (Å²) in [6.07, 6.45) is 0.250. The molecule has 0 amide bonds. The summed E-state index contributed by atoms with van der Waals surface area (Å²) in [5.41, 5.74) is 4.31. The molecular formula is C38H26ClF3N4O. The van der Waals surface area contributed by atoms with Crippen LogP contribution in [0, 0.1) is 6.92 Å². The van der Waals surface area contributed by atoms with Gasteiger partial charge in [-0.3, -0.25) is 0 Å². The quantitative estimate of drug-likeness (QED) is 0.128. The van der Waals surface area contributed by atoms with Gasteiger partial charge in [0, 0.05) is 35.1 Å². The first-order valence-corrected chi connectivity index (χ1v) is 15.2. The van der Waals surface area contributed by atoms with Crippen LogP contribution < -0.4 is 4.74 Å². The molecule has 0 fully saturated rings. The molecule has 0 aliphatic heterocycles. The summed E-state index contributed by atoms with van der Waals surface area (Å²) in [5, 5.41) is 1.05. The van der Waals surface area contributed by atoms with Crippen molar-refractivity contribution >= 4 is 22.5 Å². The molecule has 232 valence electrons. The number of aromatic nitrogens is 4. The maximum absolute atomic E-state index is 13.1. The van der Waals surface area contributed by atoms with Crippen LogP contribution in [-0.2, 0) is 11.7 Å². The summed E-state index contributed by atoms with van der Waals surface area (Å²) in [4.78, 5) is 12.5. The number of fused-ring (bicyclic) bond motifs is 1. The Morgan fingerprint density at radius 3 is 1.85 bits per heavy atom. The number of halogens is 4. The van der Waals surface area contributed by atoms with E-state index in [1.807, 2.05) is 73.7 Å². The number of rotatable bonds is 7. The molecule has 5 nitrogen and oxygen atoms in total. The van der Waals surface area contributed by atoms with Crippen molar-refractivity contribution in [3.63, 3.8) is 0 Å². The number of nitrogens with zero attached hydrogens (tertiary/aromatic N) is 4. The van der Waals surface area contributed by atoms with Gasteiger partial charge in [0.15, 0.2) is 0 Å². The van der Waals surface area contributed by atoms with Gasteiger partial charge in [0.1, 0.15) is 22.1 Å². The van der Waals surface area contributed by atoms with E-state index < -0.39 is 17.4 Å². The Labute approximate surface area is 273 Å². The van der Waals surface area contributed by atoms with Crippen molar-refractivity contribution in [3.8, 4) is 22.8 Å². The van der Waals surface area contributed by atoms with Crippen LogP contribution in [0.3, 0.4) is 0 Å². The molecule has 0 spiro atoms. The molecule has 0 radical (unpaired) electrons. The van der Waals surface area contributed by atoms with Gasteiger partial charge in [0.2, 0.25) is 5.88 Å². The number of ether oxygens (including phenoxy) is 1. The Hall–Kier alpha value is -5.47. The van der Waals surface area contributed by atoms with E-state index in [2.05, 4.69) is 62.1 Å². The molecule has 0 aliphatic rings. The largest absolute Gasteiger partial charge is 0.437 e. The molecule has 0 aliphatic carbocycles. The van der Waals surface area contributed by atoms with Crippen LogP contribution in [0.25, 0.3) is 22.0 Å². The molecule has 4 heterocycles. The molecule has 9 heteroatoms. The highest BCUT2D eigenvalue weighted by Gasteiger charge is 2.40. The van der Waals surface area contributed by atoms with Crippen LogP contribution in [0.2, 0.25) is 5.15 Å². The second-order valence-corrected chi connectivity index (χ2v) is 11.4. The van der Waals surface area contributed by atoms with E-state index in [1.54, 1.807) is 12.3 Å². The first kappa shape index (κ1) is 30.2. The molecule has 4 aromatic heterocycles. The normalized spacial score (nSPS) is 11.9. The van der Waals surface area contributed by atoms with E-state index in [0.29, 0.717) is 10.8 Å². The van der Waals surface area contributed by atoms with Crippen LogP contribution in [-0.4, -0.2) is 19.5 Å². The fraction of sp³-hybridized carbons (Fsp3) is 0.0789. The zero-order valence-corrected chi connectivity index (χ0v) is 25.7. The van der Waals surface area contributed by atoms with E-state index in [1.165, 1.54) is 6.07 Å². The van der Waals surface area contributed by atoms with E-state index >= 15 is 0 Å². The van der Waals surface area contributed by atoms with E-state index in [-0.39, 0.29) is 11.6 Å². The molecule has 0 atom stereocenters. The SMILES string of the molecule is Cc1cc(-c2cn(C(c3ccccc3)(c3ccccc3)c3ccccc3)c3ccnc(Cl)c23)cc(Oc2ccc(C(F)(F)F)nc2)n1. The molecule has 7 rings (SSSR count). The third-order valence-corrected chi connectivity index (χ3v) is 8.38. The van der Waals surface area contributed by atoms with Crippen LogP contribution in [0.5, 0.6) is 11.6 Å². The summed E-state index contributed by atoms with van der Waals surface area (Å²) >= 11 is 6.90. The van der Waals surface area contributed by atoms with E-state index in [9.17, 15) is 13.2 Å². The number of aryl methyl sites for hydroxylation is 1. The molecule has 7 aromatic rings. The molecule has 0 saturated carbocycles. The molecule has 0 N–H and O–H groups in total. The van der Waals surface area contributed by atoms with Gasteiger partial charge in [-0.25, -0.2) is 15.0 Å². The third-order valence-electron chi connectivity index (χ3n) is 8.10. The first-order chi connectivity index (χ1) is 22.7. The average molecular weight is 647 g/mol. The Balaban J connectivity index is 1.47. The number of alkyl halides is 3. The van der Waals surface area contributed by atoms with Gasteiger partial charge in [-0.05, 0) is 53.4 Å². The third kappa shape index (κ3) is 5.51. The topological polar surface area (TPSA) is 52.8 Å². The maximum atomic E-state index is 13.1. The van der Waals surface area contributed by atoms with Crippen molar-refractivity contribution in [1.82, 2.24) is 19.5 Å².